The molecule has 2 aromatic carbocycles. The van der Waals surface area contributed by atoms with Crippen molar-refractivity contribution in [3.05, 3.63) is 77.1 Å². The van der Waals surface area contributed by atoms with Gasteiger partial charge >= 0.3 is 0 Å². The molecule has 0 fully saturated rings. The highest BCUT2D eigenvalue weighted by Crippen LogP contribution is 2.27. The summed E-state index contributed by atoms with van der Waals surface area (Å²) >= 11 is 0. The Morgan fingerprint density at radius 3 is 1.17 bits per heavy atom. The van der Waals surface area contributed by atoms with E-state index < -0.39 is 0 Å². The molecule has 9 heteroatoms. The van der Waals surface area contributed by atoms with Gasteiger partial charge in [0.15, 0.2) is 0 Å². The lowest BCUT2D eigenvalue weighted by Crippen LogP contribution is -2.39. The molecule has 0 saturated heterocycles. The number of aliphatic hydroxyl groups excluding tert-OH is 1. The van der Waals surface area contributed by atoms with Gasteiger partial charge in [0.1, 0.15) is 11.5 Å². The molecule has 0 unspecified atom stereocenters. The second-order valence-corrected chi connectivity index (χ2v) is 19.3. The summed E-state index contributed by atoms with van der Waals surface area (Å²) in [5.74, 6) is -0.166. The Hall–Kier alpha value is -3.50. The van der Waals surface area contributed by atoms with Crippen molar-refractivity contribution in [1.82, 2.24) is 0 Å². The number of ketones is 1. The minimum atomic E-state index is -0.230. The van der Waals surface area contributed by atoms with Crippen molar-refractivity contribution in [2.24, 2.45) is 4.99 Å². The standard InChI is InChI=1S/C44H74N7O2.6CH4/c1-36-43(52)38(34-37-18-22-40(23-19-37)46(26-14-30-48(2,3)4)27-15-31-49(5,6)7)35-42(44(36)53)45-39-20-24-41(25-21-39)47(28-16-32-50(8,9)10)29-17-33-51(11,12)13;;;;;;/h18-25,35H,14-17,26-34H2,1-13H3;6*1H4/q+3;;;;;;/p+1. The second kappa shape index (κ2) is 26.7. The van der Waals surface area contributed by atoms with E-state index in [0.717, 1.165) is 107 Å². The summed E-state index contributed by atoms with van der Waals surface area (Å²) in [4.78, 5) is 23.1. The van der Waals surface area contributed by atoms with Gasteiger partial charge in [-0.15, -0.1) is 0 Å². The molecular formula is C50H99N7O2+4. The molecule has 0 atom stereocenters. The van der Waals surface area contributed by atoms with E-state index in [4.69, 9.17) is 4.99 Å². The predicted molar refractivity (Wildman–Crippen MR) is 267 cm³/mol. The van der Waals surface area contributed by atoms with Gasteiger partial charge in [-0.1, -0.05) is 56.7 Å². The first-order chi connectivity index (χ1) is 24.5. The van der Waals surface area contributed by atoms with Crippen LogP contribution in [0.3, 0.4) is 0 Å². The number of carbonyl (C=O) groups excluding carboxylic acids is 1. The molecule has 0 aromatic heterocycles. The van der Waals surface area contributed by atoms with E-state index in [9.17, 15) is 9.90 Å². The number of anilines is 2. The summed E-state index contributed by atoms with van der Waals surface area (Å²) in [5, 5.41) is 11.1. The average Bonchev–Trinajstić information content (AvgIpc) is 3.03. The van der Waals surface area contributed by atoms with Gasteiger partial charge < -0.3 is 32.8 Å². The van der Waals surface area contributed by atoms with E-state index in [-0.39, 0.29) is 56.1 Å². The fraction of sp³-hybridized carbons (Fsp3) is 0.640. The molecular weight excluding hydrogens is 731 g/mol. The quantitative estimate of drug-likeness (QED) is 0.101. The molecule has 59 heavy (non-hydrogen) atoms. The average molecular weight is 830 g/mol. The summed E-state index contributed by atoms with van der Waals surface area (Å²) in [7, 11) is 27.0. The topological polar surface area (TPSA) is 56.1 Å². The van der Waals surface area contributed by atoms with Crippen LogP contribution in [0.4, 0.5) is 17.1 Å². The van der Waals surface area contributed by atoms with Crippen LogP contribution >= 0.6 is 0 Å². The van der Waals surface area contributed by atoms with E-state index in [1.165, 1.54) is 11.4 Å². The monoisotopic (exact) mass is 830 g/mol. The molecule has 0 spiro atoms. The number of benzene rings is 2. The van der Waals surface area contributed by atoms with Gasteiger partial charge in [0, 0.05) is 80.8 Å². The summed E-state index contributed by atoms with van der Waals surface area (Å²) in [5.41, 5.74) is 5.66. The highest BCUT2D eigenvalue weighted by molar-refractivity contribution is 6.51. The maximum atomic E-state index is 13.3. The molecule has 0 bridgehead atoms. The van der Waals surface area contributed by atoms with Crippen LogP contribution in [-0.2, 0) is 11.2 Å². The van der Waals surface area contributed by atoms with Gasteiger partial charge in [-0.05, 0) is 55.0 Å². The Morgan fingerprint density at radius 1 is 0.525 bits per heavy atom. The predicted octanol–water partition coefficient (Wildman–Crippen LogP) is 10.2. The normalized spacial score (nSPS) is 13.7. The molecule has 0 amide bonds. The number of allylic oxidation sites excluding steroid dienone is 3. The van der Waals surface area contributed by atoms with Crippen molar-refractivity contribution >= 4 is 28.6 Å². The number of quaternary nitrogens is 4. The maximum Gasteiger partial charge on any atom is 0.210 e. The maximum absolute atomic E-state index is 13.3. The highest BCUT2D eigenvalue weighted by Gasteiger charge is 2.25. The van der Waals surface area contributed by atoms with Crippen LogP contribution in [-0.4, -0.2) is 171 Å². The van der Waals surface area contributed by atoms with Crippen molar-refractivity contribution in [3.63, 3.8) is 0 Å². The number of aliphatic imine (C=N–C) groups is 1. The van der Waals surface area contributed by atoms with E-state index in [1.807, 2.05) is 12.1 Å². The first-order valence-corrected chi connectivity index (χ1v) is 19.6. The lowest BCUT2D eigenvalue weighted by Gasteiger charge is -2.30. The Morgan fingerprint density at radius 2 is 0.847 bits per heavy atom. The van der Waals surface area contributed by atoms with E-state index in [2.05, 4.69) is 131 Å². The van der Waals surface area contributed by atoms with Crippen LogP contribution in [0.1, 0.15) is 82.7 Å². The Kier molecular flexibility index (Phi) is 28.1. The molecule has 1 N–H and O–H groups in total. The summed E-state index contributed by atoms with van der Waals surface area (Å²) in [6, 6.07) is 17.0. The van der Waals surface area contributed by atoms with E-state index in [0.29, 0.717) is 23.3 Å². The highest BCUT2D eigenvalue weighted by atomic mass is 16.3. The van der Waals surface area contributed by atoms with E-state index in [1.54, 1.807) is 13.0 Å². The summed E-state index contributed by atoms with van der Waals surface area (Å²) < 4.78 is 3.83. The van der Waals surface area contributed by atoms with Crippen molar-refractivity contribution in [2.75, 3.05) is 147 Å². The van der Waals surface area contributed by atoms with Gasteiger partial charge in [-0.2, -0.15) is 0 Å². The van der Waals surface area contributed by atoms with Crippen LogP contribution in [0, 0.1) is 0 Å². The summed E-state index contributed by atoms with van der Waals surface area (Å²) in [6.45, 7) is 10.2. The van der Waals surface area contributed by atoms with Crippen LogP contribution in [0.5, 0.6) is 0 Å². The Labute approximate surface area is 367 Å². The van der Waals surface area contributed by atoms with Crippen LogP contribution in [0.25, 0.3) is 0 Å². The minimum absolute atomic E-state index is 0. The lowest BCUT2D eigenvalue weighted by molar-refractivity contribution is -0.870. The van der Waals surface area contributed by atoms with Gasteiger partial charge in [-0.3, -0.25) is 4.79 Å². The van der Waals surface area contributed by atoms with Gasteiger partial charge in [0.05, 0.1) is 116 Å². The number of aliphatic hydroxyl groups is 1. The van der Waals surface area contributed by atoms with Gasteiger partial charge in [0.2, 0.25) is 5.78 Å². The van der Waals surface area contributed by atoms with Crippen molar-refractivity contribution in [2.45, 2.75) is 83.6 Å². The zero-order chi connectivity index (χ0) is 39.6. The lowest BCUT2D eigenvalue weighted by atomic mass is 9.91. The molecule has 2 aromatic rings. The van der Waals surface area contributed by atoms with Gasteiger partial charge in [0.25, 0.3) is 0 Å². The van der Waals surface area contributed by atoms with Gasteiger partial charge in [-0.25, -0.2) is 4.99 Å². The molecule has 1 aliphatic rings. The van der Waals surface area contributed by atoms with Crippen molar-refractivity contribution in [1.29, 1.82) is 0 Å². The number of hydrogen-bond donors (Lipinski definition) is 1. The largest absolute Gasteiger partial charge is 0.507 e. The third-order valence-electron chi connectivity index (χ3n) is 9.73. The molecule has 9 nitrogen and oxygen atoms in total. The molecule has 0 aliphatic heterocycles. The zero-order valence-corrected chi connectivity index (χ0v) is 35.9. The molecule has 0 heterocycles. The van der Waals surface area contributed by atoms with E-state index >= 15 is 0 Å². The first kappa shape index (κ1) is 62.2. The number of carbonyl (C=O) groups is 1. The number of hydrogen-bond acceptors (Lipinski definition) is 5. The third-order valence-corrected chi connectivity index (χ3v) is 9.73. The van der Waals surface area contributed by atoms with Crippen molar-refractivity contribution in [3.8, 4) is 0 Å². The Bertz CT molecular complexity index is 1520. The smallest absolute Gasteiger partial charge is 0.210 e. The van der Waals surface area contributed by atoms with Crippen LogP contribution in [0.15, 0.2) is 76.5 Å². The molecule has 342 valence electrons. The molecule has 1 aliphatic carbocycles. The molecule has 0 radical (unpaired) electrons. The fourth-order valence-electron chi connectivity index (χ4n) is 6.66. The zero-order valence-electron chi connectivity index (χ0n) is 35.9. The minimum Gasteiger partial charge on any atom is -0.507 e. The number of Topliss-reactive ketones (excluding diaryl/α,β-unsaturated/α-hetero) is 1. The summed E-state index contributed by atoms with van der Waals surface area (Å²) in [6.07, 6.45) is 6.79. The fourth-order valence-corrected chi connectivity index (χ4v) is 6.66. The number of rotatable bonds is 21. The molecule has 0 saturated carbocycles. The van der Waals surface area contributed by atoms with Crippen molar-refractivity contribution < 1.29 is 27.8 Å². The third kappa shape index (κ3) is 23.2. The molecule has 3 rings (SSSR count). The van der Waals surface area contributed by atoms with Crippen LogP contribution in [0.2, 0.25) is 0 Å². The Balaban J connectivity index is -0.00000252. The second-order valence-electron chi connectivity index (χ2n) is 19.3. The number of nitrogens with zero attached hydrogens (tertiary/aromatic N) is 7. The van der Waals surface area contributed by atoms with Crippen LogP contribution < -0.4 is 9.80 Å². The SMILES string of the molecule is C.C.C.C.C.C.CC1=C(O)C(Cc2ccc(N(CCC[N+](C)(C)C)CCC[N+](C)(C)C)cc2)=CC(=Nc2ccc(N(CCC[N+](C)(C)C)CCC[N+](C)(C)C)cc2)C1=O. The first-order valence-electron chi connectivity index (χ1n) is 19.6.